The van der Waals surface area contributed by atoms with Crippen molar-refractivity contribution in [3.63, 3.8) is 0 Å². The second kappa shape index (κ2) is 6.35. The van der Waals surface area contributed by atoms with Crippen LogP contribution < -0.4 is 15.4 Å². The molecule has 0 radical (unpaired) electrons. The lowest BCUT2D eigenvalue weighted by molar-refractivity contribution is -0.137. The topological polar surface area (TPSA) is 63.5 Å². The number of carbonyl (C=O) groups is 1. The van der Waals surface area contributed by atoms with Crippen molar-refractivity contribution in [2.45, 2.75) is 43.6 Å². The molecule has 3 unspecified atom stereocenters. The second-order valence-corrected chi connectivity index (χ2v) is 6.64. The molecule has 0 spiro atoms. The first-order valence-electron chi connectivity index (χ1n) is 8.39. The van der Waals surface area contributed by atoms with Crippen LogP contribution in [0.1, 0.15) is 35.2 Å². The summed E-state index contributed by atoms with van der Waals surface area (Å²) in [5.41, 5.74) is -0.446. The van der Waals surface area contributed by atoms with E-state index in [9.17, 15) is 18.0 Å². The van der Waals surface area contributed by atoms with E-state index in [-0.39, 0.29) is 23.6 Å². The molecule has 4 rings (SSSR count). The van der Waals surface area contributed by atoms with Crippen molar-refractivity contribution in [1.82, 2.24) is 10.6 Å². The molecule has 2 aromatic rings. The molecule has 3 atom stereocenters. The zero-order chi connectivity index (χ0) is 18.3. The number of benzene rings is 1. The number of hydrogen-bond donors (Lipinski definition) is 2. The van der Waals surface area contributed by atoms with Crippen LogP contribution in [0.2, 0.25) is 0 Å². The predicted molar refractivity (Wildman–Crippen MR) is 86.0 cm³/mol. The number of rotatable bonds is 4. The van der Waals surface area contributed by atoms with Gasteiger partial charge < -0.3 is 19.8 Å². The summed E-state index contributed by atoms with van der Waals surface area (Å²) in [6.07, 6.45) is -0.711. The van der Waals surface area contributed by atoms with Crippen molar-refractivity contribution in [3.05, 3.63) is 47.7 Å². The summed E-state index contributed by atoms with van der Waals surface area (Å²) in [6.45, 7) is 0. The van der Waals surface area contributed by atoms with E-state index < -0.39 is 11.7 Å². The molecule has 0 saturated carbocycles. The van der Waals surface area contributed by atoms with E-state index in [0.717, 1.165) is 25.3 Å². The molecule has 5 nitrogen and oxygen atoms in total. The van der Waals surface area contributed by atoms with Crippen LogP contribution in [-0.2, 0) is 6.18 Å². The Bertz CT molecular complexity index is 801. The van der Waals surface area contributed by atoms with Gasteiger partial charge in [-0.3, -0.25) is 4.79 Å². The lowest BCUT2D eigenvalue weighted by Gasteiger charge is -2.21. The zero-order valence-electron chi connectivity index (χ0n) is 13.7. The van der Waals surface area contributed by atoms with Crippen molar-refractivity contribution in [2.75, 3.05) is 0 Å². The van der Waals surface area contributed by atoms with Gasteiger partial charge in [0.2, 0.25) is 0 Å². The van der Waals surface area contributed by atoms with E-state index in [1.165, 1.54) is 12.1 Å². The van der Waals surface area contributed by atoms with E-state index in [4.69, 9.17) is 9.15 Å². The quantitative estimate of drug-likeness (QED) is 0.866. The van der Waals surface area contributed by atoms with Crippen LogP contribution in [0, 0.1) is 0 Å². The third-order valence-corrected chi connectivity index (χ3v) is 4.85. The van der Waals surface area contributed by atoms with Crippen molar-refractivity contribution in [1.29, 1.82) is 0 Å². The maximum absolute atomic E-state index is 12.5. The van der Waals surface area contributed by atoms with Crippen LogP contribution in [0.5, 0.6) is 11.7 Å². The summed E-state index contributed by atoms with van der Waals surface area (Å²) in [5.74, 6) is -0.151. The molecule has 2 aliphatic heterocycles. The standard InChI is InChI=1S/C18H17F3N2O3/c19-18(20,21)11-7-16(25-9-11)26-13-4-1-10(2-5-13)17(24)23-15-8-12-3-6-14(15)22-12/h1-2,4-5,7,9,12,14-15,22H,3,6,8H2,(H,23,24). The highest BCUT2D eigenvalue weighted by Gasteiger charge is 2.39. The van der Waals surface area contributed by atoms with Gasteiger partial charge in [0.1, 0.15) is 12.0 Å². The molecule has 2 bridgehead atoms. The highest BCUT2D eigenvalue weighted by molar-refractivity contribution is 5.94. The molecule has 8 heteroatoms. The van der Waals surface area contributed by atoms with Gasteiger partial charge in [0.25, 0.3) is 11.9 Å². The first-order valence-corrected chi connectivity index (χ1v) is 8.39. The molecule has 1 aromatic heterocycles. The average molecular weight is 366 g/mol. The van der Waals surface area contributed by atoms with Crippen LogP contribution in [0.4, 0.5) is 13.2 Å². The number of furan rings is 1. The molecule has 138 valence electrons. The summed E-state index contributed by atoms with van der Waals surface area (Å²) in [4.78, 5) is 12.3. The Kier molecular flexibility index (Phi) is 4.14. The van der Waals surface area contributed by atoms with Gasteiger partial charge in [-0.1, -0.05) is 0 Å². The molecule has 0 aliphatic carbocycles. The van der Waals surface area contributed by atoms with E-state index >= 15 is 0 Å². The number of carbonyl (C=O) groups excluding carboxylic acids is 1. The van der Waals surface area contributed by atoms with Crippen molar-refractivity contribution in [2.24, 2.45) is 0 Å². The van der Waals surface area contributed by atoms with Crippen LogP contribution in [0.15, 0.2) is 41.0 Å². The molecule has 3 heterocycles. The van der Waals surface area contributed by atoms with Gasteiger partial charge in [-0.25, -0.2) is 0 Å². The van der Waals surface area contributed by atoms with Crippen LogP contribution >= 0.6 is 0 Å². The molecule has 2 aliphatic rings. The number of ether oxygens (including phenoxy) is 1. The van der Waals surface area contributed by atoms with Gasteiger partial charge in [-0.15, -0.1) is 0 Å². The van der Waals surface area contributed by atoms with Gasteiger partial charge in [-0.2, -0.15) is 13.2 Å². The number of nitrogens with one attached hydrogen (secondary N) is 2. The number of hydrogen-bond acceptors (Lipinski definition) is 4. The third-order valence-electron chi connectivity index (χ3n) is 4.85. The normalized spacial score (nSPS) is 24.7. The van der Waals surface area contributed by atoms with E-state index in [2.05, 4.69) is 10.6 Å². The Morgan fingerprint density at radius 1 is 1.23 bits per heavy atom. The van der Waals surface area contributed by atoms with Crippen LogP contribution in [0.3, 0.4) is 0 Å². The first-order chi connectivity index (χ1) is 12.4. The Labute approximate surface area is 147 Å². The summed E-state index contributed by atoms with van der Waals surface area (Å²) in [7, 11) is 0. The van der Waals surface area contributed by atoms with Crippen molar-refractivity contribution in [3.8, 4) is 11.7 Å². The van der Waals surface area contributed by atoms with Gasteiger partial charge in [-0.05, 0) is 43.5 Å². The van der Waals surface area contributed by atoms with Gasteiger partial charge in [0.05, 0.1) is 5.56 Å². The zero-order valence-corrected chi connectivity index (χ0v) is 13.7. The molecule has 1 amide bonds. The largest absolute Gasteiger partial charge is 0.433 e. The van der Waals surface area contributed by atoms with E-state index in [0.29, 0.717) is 23.9 Å². The van der Waals surface area contributed by atoms with E-state index in [1.807, 2.05) is 0 Å². The summed E-state index contributed by atoms with van der Waals surface area (Å²) >= 11 is 0. The van der Waals surface area contributed by atoms with Gasteiger partial charge >= 0.3 is 6.18 Å². The molecule has 2 fully saturated rings. The van der Waals surface area contributed by atoms with Crippen molar-refractivity contribution >= 4 is 5.91 Å². The van der Waals surface area contributed by atoms with Crippen LogP contribution in [0.25, 0.3) is 0 Å². The Balaban J connectivity index is 1.37. The third kappa shape index (κ3) is 3.41. The monoisotopic (exact) mass is 366 g/mol. The van der Waals surface area contributed by atoms with Gasteiger partial charge in [0, 0.05) is 29.8 Å². The maximum atomic E-state index is 12.5. The lowest BCUT2D eigenvalue weighted by Crippen LogP contribution is -2.42. The molecule has 26 heavy (non-hydrogen) atoms. The Morgan fingerprint density at radius 3 is 2.58 bits per heavy atom. The summed E-state index contributed by atoms with van der Waals surface area (Å²) in [6, 6.07) is 7.93. The molecular weight excluding hydrogens is 349 g/mol. The Morgan fingerprint density at radius 2 is 2.00 bits per heavy atom. The summed E-state index contributed by atoms with van der Waals surface area (Å²) < 4.78 is 47.6. The molecule has 2 N–H and O–H groups in total. The van der Waals surface area contributed by atoms with Gasteiger partial charge in [0.15, 0.2) is 0 Å². The van der Waals surface area contributed by atoms with Crippen molar-refractivity contribution < 1.29 is 27.1 Å². The predicted octanol–water partition coefficient (Wildman–Crippen LogP) is 3.71. The molecular formula is C18H17F3N2O3. The highest BCUT2D eigenvalue weighted by atomic mass is 19.4. The molecule has 2 saturated heterocycles. The number of halogens is 3. The number of alkyl halides is 3. The minimum Gasteiger partial charge on any atom is -0.433 e. The fraction of sp³-hybridized carbons (Fsp3) is 0.389. The van der Waals surface area contributed by atoms with Crippen LogP contribution in [-0.4, -0.2) is 24.0 Å². The number of amides is 1. The smallest absolute Gasteiger partial charge is 0.419 e. The SMILES string of the molecule is O=C(NC1CC2CCC1N2)c1ccc(Oc2cc(C(F)(F)F)co2)cc1. The highest BCUT2D eigenvalue weighted by Crippen LogP contribution is 2.34. The number of fused-ring (bicyclic) bond motifs is 2. The molecule has 1 aromatic carbocycles. The Hall–Kier alpha value is -2.48. The lowest BCUT2D eigenvalue weighted by atomic mass is 9.95. The minimum absolute atomic E-state index is 0.140. The first kappa shape index (κ1) is 17.0. The average Bonchev–Trinajstić information content (AvgIpc) is 3.31. The summed E-state index contributed by atoms with van der Waals surface area (Å²) in [5, 5.41) is 6.49. The minimum atomic E-state index is -4.48. The fourth-order valence-electron chi connectivity index (χ4n) is 3.54. The van der Waals surface area contributed by atoms with E-state index in [1.54, 1.807) is 12.1 Å². The fourth-order valence-corrected chi connectivity index (χ4v) is 3.54. The maximum Gasteiger partial charge on any atom is 0.419 e. The second-order valence-electron chi connectivity index (χ2n) is 6.64.